The Morgan fingerprint density at radius 3 is 2.50 bits per heavy atom. The van der Waals surface area contributed by atoms with Crippen molar-refractivity contribution in [1.82, 2.24) is 0 Å². The second-order valence-corrected chi connectivity index (χ2v) is 4.81. The van der Waals surface area contributed by atoms with Gasteiger partial charge in [0.1, 0.15) is 11.4 Å². The maximum atomic E-state index is 13.6. The molecule has 1 rings (SSSR count). The number of carbonyl (C=O) groups excluding carboxylic acids is 1. The molecule has 1 aromatic carbocycles. The Morgan fingerprint density at radius 2 is 2.00 bits per heavy atom. The number of hydrogen-bond donors (Lipinski definition) is 1. The molecule has 0 aromatic heterocycles. The summed E-state index contributed by atoms with van der Waals surface area (Å²) >= 11 is 0. The summed E-state index contributed by atoms with van der Waals surface area (Å²) in [6, 6.07) is 5.87. The number of hydrogen-bond acceptors (Lipinski definition) is 3. The second-order valence-electron chi connectivity index (χ2n) is 4.81. The fourth-order valence-electron chi connectivity index (χ4n) is 1.40. The molecule has 0 aliphatic heterocycles. The van der Waals surface area contributed by atoms with Gasteiger partial charge in [0.2, 0.25) is 0 Å². The van der Waals surface area contributed by atoms with Crippen LogP contribution in [0.3, 0.4) is 0 Å². The number of aliphatic hydroxyl groups is 1. The number of halogens is 1. The molecular weight excluding hydrogens is 237 g/mol. The van der Waals surface area contributed by atoms with Crippen molar-refractivity contribution >= 4 is 11.8 Å². The maximum Gasteiger partial charge on any atom is 0.414 e. The summed E-state index contributed by atoms with van der Waals surface area (Å²) in [5.41, 5.74) is -0.573. The molecule has 0 aliphatic carbocycles. The van der Waals surface area contributed by atoms with E-state index < -0.39 is 17.5 Å². The minimum atomic E-state index is -0.679. The summed E-state index contributed by atoms with van der Waals surface area (Å²) in [4.78, 5) is 13.0. The van der Waals surface area contributed by atoms with Gasteiger partial charge in [-0.05, 0) is 32.9 Å². The van der Waals surface area contributed by atoms with Crippen LogP contribution in [-0.2, 0) is 4.74 Å². The monoisotopic (exact) mass is 255 g/mol. The van der Waals surface area contributed by atoms with Gasteiger partial charge in [-0.2, -0.15) is 0 Å². The third kappa shape index (κ3) is 4.00. The molecule has 5 heteroatoms. The molecule has 0 fully saturated rings. The SMILES string of the molecule is CC(C)(C)OC(=O)N(CCO)c1ccccc1F. The van der Waals surface area contributed by atoms with Crippen molar-refractivity contribution in [3.8, 4) is 0 Å². The van der Waals surface area contributed by atoms with Crippen molar-refractivity contribution < 1.29 is 19.0 Å². The molecule has 0 heterocycles. The van der Waals surface area contributed by atoms with Crippen LogP contribution in [0.5, 0.6) is 0 Å². The predicted molar refractivity (Wildman–Crippen MR) is 67.1 cm³/mol. The van der Waals surface area contributed by atoms with Gasteiger partial charge >= 0.3 is 6.09 Å². The number of amides is 1. The van der Waals surface area contributed by atoms with Crippen LogP contribution in [0, 0.1) is 5.82 Å². The molecule has 0 aliphatic rings. The van der Waals surface area contributed by atoms with Gasteiger partial charge in [0.15, 0.2) is 0 Å². The van der Waals surface area contributed by atoms with Crippen LogP contribution < -0.4 is 4.90 Å². The van der Waals surface area contributed by atoms with Crippen LogP contribution in [0.2, 0.25) is 0 Å². The summed E-state index contributed by atoms with van der Waals surface area (Å²) in [5.74, 6) is -0.531. The molecule has 18 heavy (non-hydrogen) atoms. The number of anilines is 1. The minimum absolute atomic E-state index is 0.0180. The molecule has 0 saturated carbocycles. The second kappa shape index (κ2) is 5.82. The zero-order valence-electron chi connectivity index (χ0n) is 10.8. The molecule has 100 valence electrons. The van der Waals surface area contributed by atoms with Crippen molar-refractivity contribution in [3.05, 3.63) is 30.1 Å². The highest BCUT2D eigenvalue weighted by Crippen LogP contribution is 2.21. The van der Waals surface area contributed by atoms with Crippen LogP contribution in [-0.4, -0.2) is 30.0 Å². The van der Waals surface area contributed by atoms with Crippen LogP contribution in [0.1, 0.15) is 20.8 Å². The Kier molecular flexibility index (Phi) is 4.67. The summed E-state index contributed by atoms with van der Waals surface area (Å²) in [6.07, 6.45) is -0.679. The molecule has 1 N–H and O–H groups in total. The molecule has 0 bridgehead atoms. The highest BCUT2D eigenvalue weighted by Gasteiger charge is 2.24. The van der Waals surface area contributed by atoms with E-state index in [-0.39, 0.29) is 18.8 Å². The maximum absolute atomic E-state index is 13.6. The van der Waals surface area contributed by atoms with E-state index in [0.717, 1.165) is 4.90 Å². The van der Waals surface area contributed by atoms with Crippen molar-refractivity contribution in [2.75, 3.05) is 18.1 Å². The molecular formula is C13H18FNO3. The third-order valence-corrected chi connectivity index (χ3v) is 2.08. The molecule has 0 saturated heterocycles. The average molecular weight is 255 g/mol. The van der Waals surface area contributed by atoms with Crippen molar-refractivity contribution in [3.63, 3.8) is 0 Å². The lowest BCUT2D eigenvalue weighted by molar-refractivity contribution is 0.0572. The Bertz CT molecular complexity index is 415. The first-order valence-electron chi connectivity index (χ1n) is 5.71. The number of carbonyl (C=O) groups is 1. The molecule has 0 radical (unpaired) electrons. The Morgan fingerprint density at radius 1 is 1.39 bits per heavy atom. The lowest BCUT2D eigenvalue weighted by Gasteiger charge is -2.27. The lowest BCUT2D eigenvalue weighted by atomic mass is 10.2. The summed E-state index contributed by atoms with van der Waals surface area (Å²) in [5, 5.41) is 8.96. The zero-order chi connectivity index (χ0) is 13.8. The lowest BCUT2D eigenvalue weighted by Crippen LogP contribution is -2.39. The van der Waals surface area contributed by atoms with E-state index in [1.54, 1.807) is 26.8 Å². The highest BCUT2D eigenvalue weighted by atomic mass is 19.1. The summed E-state index contributed by atoms with van der Waals surface area (Å²) < 4.78 is 18.8. The number of aliphatic hydroxyl groups excluding tert-OH is 1. The van der Waals surface area contributed by atoms with Crippen molar-refractivity contribution in [2.24, 2.45) is 0 Å². The van der Waals surface area contributed by atoms with Gasteiger partial charge in [0, 0.05) is 0 Å². The van der Waals surface area contributed by atoms with E-state index in [1.165, 1.54) is 18.2 Å². The van der Waals surface area contributed by atoms with Gasteiger partial charge in [-0.15, -0.1) is 0 Å². The summed E-state index contributed by atoms with van der Waals surface area (Å²) in [7, 11) is 0. The molecule has 1 aromatic rings. The normalized spacial score (nSPS) is 11.2. The number of para-hydroxylation sites is 1. The highest BCUT2D eigenvalue weighted by molar-refractivity contribution is 5.88. The smallest absolute Gasteiger partial charge is 0.414 e. The average Bonchev–Trinajstić information content (AvgIpc) is 2.24. The van der Waals surface area contributed by atoms with E-state index in [2.05, 4.69) is 0 Å². The van der Waals surface area contributed by atoms with E-state index in [1.807, 2.05) is 0 Å². The van der Waals surface area contributed by atoms with Gasteiger partial charge < -0.3 is 9.84 Å². The number of nitrogens with zero attached hydrogens (tertiary/aromatic N) is 1. The van der Waals surface area contributed by atoms with Gasteiger partial charge in [-0.25, -0.2) is 9.18 Å². The third-order valence-electron chi connectivity index (χ3n) is 2.08. The standard InChI is InChI=1S/C13H18FNO3/c1-13(2,3)18-12(17)15(8-9-16)11-7-5-4-6-10(11)14/h4-7,16H,8-9H2,1-3H3. The van der Waals surface area contributed by atoms with Gasteiger partial charge in [-0.3, -0.25) is 4.90 Å². The Balaban J connectivity index is 2.96. The van der Waals surface area contributed by atoms with Crippen molar-refractivity contribution in [2.45, 2.75) is 26.4 Å². The quantitative estimate of drug-likeness (QED) is 0.903. The first-order valence-corrected chi connectivity index (χ1v) is 5.71. The molecule has 1 amide bonds. The van der Waals surface area contributed by atoms with E-state index in [9.17, 15) is 9.18 Å². The predicted octanol–water partition coefficient (Wildman–Crippen LogP) is 2.56. The zero-order valence-corrected chi connectivity index (χ0v) is 10.8. The van der Waals surface area contributed by atoms with Crippen molar-refractivity contribution in [1.29, 1.82) is 0 Å². The van der Waals surface area contributed by atoms with E-state index in [4.69, 9.17) is 9.84 Å². The number of benzene rings is 1. The number of rotatable bonds is 3. The first kappa shape index (κ1) is 14.4. The van der Waals surface area contributed by atoms with Gasteiger partial charge in [0.05, 0.1) is 18.8 Å². The summed E-state index contributed by atoms with van der Waals surface area (Å²) in [6.45, 7) is 4.89. The molecule has 0 atom stereocenters. The number of ether oxygens (including phenoxy) is 1. The first-order chi connectivity index (χ1) is 8.35. The topological polar surface area (TPSA) is 49.8 Å². The fraction of sp³-hybridized carbons (Fsp3) is 0.462. The molecule has 4 nitrogen and oxygen atoms in total. The van der Waals surface area contributed by atoms with Crippen LogP contribution in [0.4, 0.5) is 14.9 Å². The van der Waals surface area contributed by atoms with Crippen LogP contribution in [0.25, 0.3) is 0 Å². The van der Waals surface area contributed by atoms with Crippen LogP contribution >= 0.6 is 0 Å². The largest absolute Gasteiger partial charge is 0.443 e. The Labute approximate surface area is 106 Å². The van der Waals surface area contributed by atoms with Gasteiger partial charge in [-0.1, -0.05) is 12.1 Å². The van der Waals surface area contributed by atoms with E-state index in [0.29, 0.717) is 0 Å². The molecule has 0 spiro atoms. The van der Waals surface area contributed by atoms with Gasteiger partial charge in [0.25, 0.3) is 0 Å². The fourth-order valence-corrected chi connectivity index (χ4v) is 1.40. The van der Waals surface area contributed by atoms with E-state index >= 15 is 0 Å². The molecule has 0 unspecified atom stereocenters. The minimum Gasteiger partial charge on any atom is -0.443 e. The van der Waals surface area contributed by atoms with Crippen LogP contribution in [0.15, 0.2) is 24.3 Å². The Hall–Kier alpha value is -1.62.